The lowest BCUT2D eigenvalue weighted by atomic mass is 10.1. The van der Waals surface area contributed by atoms with Crippen LogP contribution in [0.5, 0.6) is 0 Å². The van der Waals surface area contributed by atoms with Crippen LogP contribution in [-0.2, 0) is 6.54 Å². The van der Waals surface area contributed by atoms with Gasteiger partial charge >= 0.3 is 0 Å². The van der Waals surface area contributed by atoms with E-state index in [0.29, 0.717) is 5.82 Å². The van der Waals surface area contributed by atoms with Crippen LogP contribution in [0.1, 0.15) is 22.1 Å². The molecule has 0 aliphatic rings. The minimum Gasteiger partial charge on any atom is -0.397 e. The summed E-state index contributed by atoms with van der Waals surface area (Å²) in [7, 11) is 0. The fourth-order valence-electron chi connectivity index (χ4n) is 1.56. The van der Waals surface area contributed by atoms with E-state index in [1.165, 1.54) is 0 Å². The van der Waals surface area contributed by atoms with E-state index in [1.54, 1.807) is 6.92 Å². The summed E-state index contributed by atoms with van der Waals surface area (Å²) in [5, 5.41) is 16.7. The largest absolute Gasteiger partial charge is 0.397 e. The third kappa shape index (κ3) is 3.26. The lowest BCUT2D eigenvalue weighted by molar-refractivity contribution is -0.384. The Morgan fingerprint density at radius 1 is 1.57 bits per heavy atom. The van der Waals surface area contributed by atoms with E-state index in [1.807, 2.05) is 0 Å². The lowest BCUT2D eigenvalue weighted by Gasteiger charge is -2.07. The molecule has 2 rings (SSSR count). The number of nitrogens with zero attached hydrogens (tertiary/aromatic N) is 3. The zero-order valence-electron chi connectivity index (χ0n) is 10.8. The van der Waals surface area contributed by atoms with Gasteiger partial charge in [-0.15, -0.1) is 0 Å². The van der Waals surface area contributed by atoms with Crippen molar-refractivity contribution in [3.8, 4) is 0 Å². The Labute approximate surface area is 123 Å². The van der Waals surface area contributed by atoms with Crippen molar-refractivity contribution in [2.45, 2.75) is 13.5 Å². The number of rotatable bonds is 4. The number of carbonyl (C=O) groups is 1. The highest BCUT2D eigenvalue weighted by Gasteiger charge is 2.19. The highest BCUT2D eigenvalue weighted by atomic mass is 35.5. The average molecular weight is 312 g/mol. The van der Waals surface area contributed by atoms with Gasteiger partial charge < -0.3 is 15.6 Å². The molecule has 1 aromatic carbocycles. The van der Waals surface area contributed by atoms with Crippen molar-refractivity contribution in [3.05, 3.63) is 44.5 Å². The van der Waals surface area contributed by atoms with Crippen LogP contribution in [0.2, 0.25) is 5.02 Å². The summed E-state index contributed by atoms with van der Waals surface area (Å²) in [6.45, 7) is 1.60. The molecule has 1 heterocycles. The molecule has 2 aromatic rings. The number of nitrogens with one attached hydrogen (secondary N) is 1. The van der Waals surface area contributed by atoms with Gasteiger partial charge in [-0.3, -0.25) is 14.9 Å². The zero-order chi connectivity index (χ0) is 15.6. The number of carbonyl (C=O) groups excluding carboxylic acids is 1. The van der Waals surface area contributed by atoms with Gasteiger partial charge in [-0.2, -0.15) is 4.98 Å². The topological polar surface area (TPSA) is 137 Å². The molecule has 0 bridgehead atoms. The molecule has 110 valence electrons. The van der Waals surface area contributed by atoms with Crippen LogP contribution in [0.4, 0.5) is 11.4 Å². The summed E-state index contributed by atoms with van der Waals surface area (Å²) in [4.78, 5) is 26.0. The molecule has 0 atom stereocenters. The number of aryl methyl sites for hydroxylation is 1. The van der Waals surface area contributed by atoms with E-state index < -0.39 is 10.8 Å². The van der Waals surface area contributed by atoms with E-state index in [-0.39, 0.29) is 34.4 Å². The van der Waals surface area contributed by atoms with Gasteiger partial charge in [0.05, 0.1) is 27.7 Å². The molecule has 1 amide bonds. The second-order valence-corrected chi connectivity index (χ2v) is 4.47. The number of hydrogen-bond acceptors (Lipinski definition) is 7. The first-order valence-corrected chi connectivity index (χ1v) is 6.07. The minimum atomic E-state index is -0.663. The maximum atomic E-state index is 12.0. The highest BCUT2D eigenvalue weighted by Crippen LogP contribution is 2.28. The summed E-state index contributed by atoms with van der Waals surface area (Å²) in [5.74, 6) is 0.00191. The number of aromatic nitrogens is 2. The molecule has 0 spiro atoms. The van der Waals surface area contributed by atoms with Gasteiger partial charge in [-0.25, -0.2) is 0 Å². The molecule has 0 aliphatic heterocycles. The van der Waals surface area contributed by atoms with Gasteiger partial charge in [0, 0.05) is 12.1 Å². The molecule has 9 nitrogen and oxygen atoms in total. The maximum Gasteiger partial charge on any atom is 0.271 e. The monoisotopic (exact) mass is 311 g/mol. The molecule has 3 N–H and O–H groups in total. The quantitative estimate of drug-likeness (QED) is 0.495. The number of anilines is 1. The maximum absolute atomic E-state index is 12.0. The van der Waals surface area contributed by atoms with Crippen molar-refractivity contribution in [1.29, 1.82) is 0 Å². The number of halogens is 1. The summed E-state index contributed by atoms with van der Waals surface area (Å²) in [5.41, 5.74) is 5.20. The number of nitrogens with two attached hydrogens (primary N) is 1. The molecule has 0 saturated heterocycles. The smallest absolute Gasteiger partial charge is 0.271 e. The predicted octanol–water partition coefficient (Wildman–Crippen LogP) is 1.45. The fourth-order valence-corrected chi connectivity index (χ4v) is 1.77. The molecule has 0 saturated carbocycles. The Morgan fingerprint density at radius 3 is 2.86 bits per heavy atom. The first-order chi connectivity index (χ1) is 9.88. The summed E-state index contributed by atoms with van der Waals surface area (Å²) >= 11 is 5.78. The second kappa shape index (κ2) is 5.75. The molecule has 0 unspecified atom stereocenters. The van der Waals surface area contributed by atoms with Crippen LogP contribution in [-0.4, -0.2) is 21.0 Å². The number of nitro benzene ring substituents is 1. The van der Waals surface area contributed by atoms with Crippen LogP contribution in [0, 0.1) is 17.0 Å². The SMILES string of the molecule is Cc1noc(CNC(=O)c2cc([N+](=O)[O-])cc(Cl)c2N)n1. The molecular formula is C11H10ClN5O4. The van der Waals surface area contributed by atoms with Gasteiger partial charge in [0.1, 0.15) is 0 Å². The van der Waals surface area contributed by atoms with Crippen molar-refractivity contribution in [2.24, 2.45) is 0 Å². The van der Waals surface area contributed by atoms with Gasteiger partial charge in [-0.05, 0) is 6.92 Å². The third-order valence-corrected chi connectivity index (χ3v) is 2.85. The van der Waals surface area contributed by atoms with Gasteiger partial charge in [-0.1, -0.05) is 16.8 Å². The molecule has 0 radical (unpaired) electrons. The van der Waals surface area contributed by atoms with E-state index in [4.69, 9.17) is 21.9 Å². The molecule has 21 heavy (non-hydrogen) atoms. The van der Waals surface area contributed by atoms with Gasteiger partial charge in [0.25, 0.3) is 11.6 Å². The Bertz CT molecular complexity index is 715. The predicted molar refractivity (Wildman–Crippen MR) is 72.7 cm³/mol. The number of non-ortho nitro benzene ring substituents is 1. The first kappa shape index (κ1) is 14.7. The minimum absolute atomic E-state index is 0.0283. The number of nitrogen functional groups attached to an aromatic ring is 1. The summed E-state index contributed by atoms with van der Waals surface area (Å²) in [6, 6.07) is 2.13. The molecular weight excluding hydrogens is 302 g/mol. The number of hydrogen-bond donors (Lipinski definition) is 2. The number of amides is 1. The Morgan fingerprint density at radius 2 is 2.29 bits per heavy atom. The van der Waals surface area contributed by atoms with Crippen molar-refractivity contribution in [2.75, 3.05) is 5.73 Å². The Kier molecular flexibility index (Phi) is 4.03. The van der Waals surface area contributed by atoms with E-state index >= 15 is 0 Å². The summed E-state index contributed by atoms with van der Waals surface area (Å²) < 4.78 is 4.83. The van der Waals surface area contributed by atoms with Crippen LogP contribution >= 0.6 is 11.6 Å². The van der Waals surface area contributed by atoms with E-state index in [0.717, 1.165) is 12.1 Å². The third-order valence-electron chi connectivity index (χ3n) is 2.54. The highest BCUT2D eigenvalue weighted by molar-refractivity contribution is 6.34. The standard InChI is InChI=1S/C11H10ClN5O4/c1-5-15-9(21-16-5)4-14-11(18)7-2-6(17(19)20)3-8(12)10(7)13/h2-3H,4,13H2,1H3,(H,14,18). The van der Waals surface area contributed by atoms with Crippen LogP contribution in [0.25, 0.3) is 0 Å². The first-order valence-electron chi connectivity index (χ1n) is 5.69. The molecule has 0 fully saturated rings. The van der Waals surface area contributed by atoms with Crippen molar-refractivity contribution >= 4 is 28.9 Å². The van der Waals surface area contributed by atoms with Crippen LogP contribution in [0.3, 0.4) is 0 Å². The van der Waals surface area contributed by atoms with Crippen molar-refractivity contribution < 1.29 is 14.2 Å². The molecule has 0 aliphatic carbocycles. The number of nitro groups is 1. The second-order valence-electron chi connectivity index (χ2n) is 4.06. The zero-order valence-corrected chi connectivity index (χ0v) is 11.5. The van der Waals surface area contributed by atoms with Gasteiger partial charge in [0.2, 0.25) is 5.89 Å². The normalized spacial score (nSPS) is 10.4. The Hall–Kier alpha value is -2.68. The molecule has 1 aromatic heterocycles. The van der Waals surface area contributed by atoms with Crippen molar-refractivity contribution in [3.63, 3.8) is 0 Å². The van der Waals surface area contributed by atoms with Gasteiger partial charge in [0.15, 0.2) is 5.82 Å². The average Bonchev–Trinajstić information content (AvgIpc) is 2.84. The number of benzene rings is 1. The van der Waals surface area contributed by atoms with Crippen LogP contribution in [0.15, 0.2) is 16.7 Å². The van der Waals surface area contributed by atoms with E-state index in [9.17, 15) is 14.9 Å². The summed E-state index contributed by atoms with van der Waals surface area (Å²) in [6.07, 6.45) is 0. The van der Waals surface area contributed by atoms with E-state index in [2.05, 4.69) is 15.5 Å². The Balaban J connectivity index is 2.20. The molecule has 10 heteroatoms. The lowest BCUT2D eigenvalue weighted by Crippen LogP contribution is -2.24. The van der Waals surface area contributed by atoms with Crippen molar-refractivity contribution in [1.82, 2.24) is 15.5 Å². The fraction of sp³-hybridized carbons (Fsp3) is 0.182. The van der Waals surface area contributed by atoms with Crippen LogP contribution < -0.4 is 11.1 Å².